The molecular weight excluding hydrogens is 370 g/mol. The molecule has 0 saturated heterocycles. The van der Waals surface area contributed by atoms with E-state index in [1.165, 1.54) is 0 Å². The fourth-order valence-corrected chi connectivity index (χ4v) is 3.39. The first kappa shape index (κ1) is 15.1. The van der Waals surface area contributed by atoms with Crippen molar-refractivity contribution in [3.05, 3.63) is 28.7 Å². The second kappa shape index (κ2) is 7.51. The Morgan fingerprint density at radius 1 is 1.18 bits per heavy atom. The quantitative estimate of drug-likeness (QED) is 0.579. The molecule has 6 heteroatoms. The summed E-state index contributed by atoms with van der Waals surface area (Å²) in [4.78, 5) is 0.298. The molecule has 0 saturated carbocycles. The largest absolute Gasteiger partial charge is 0.240 e. The number of hydrogen-bond acceptors (Lipinski definition) is 2. The molecule has 0 aliphatic carbocycles. The second-order valence-corrected chi connectivity index (χ2v) is 7.08. The summed E-state index contributed by atoms with van der Waals surface area (Å²) in [6.45, 7) is 0.488. The fourth-order valence-electron chi connectivity index (χ4n) is 1.32. The van der Waals surface area contributed by atoms with Gasteiger partial charge in [0.05, 0.1) is 4.90 Å². The summed E-state index contributed by atoms with van der Waals surface area (Å²) < 4.78 is 27.1. The van der Waals surface area contributed by atoms with Gasteiger partial charge in [0.15, 0.2) is 0 Å². The van der Waals surface area contributed by atoms with Gasteiger partial charge in [0, 0.05) is 16.3 Å². The van der Waals surface area contributed by atoms with Crippen LogP contribution >= 0.6 is 31.9 Å². The zero-order valence-corrected chi connectivity index (χ0v) is 13.3. The molecule has 1 N–H and O–H groups in total. The van der Waals surface area contributed by atoms with E-state index in [0.717, 1.165) is 29.1 Å². The van der Waals surface area contributed by atoms with Crippen molar-refractivity contribution in [3.63, 3.8) is 0 Å². The molecule has 0 unspecified atom stereocenters. The lowest BCUT2D eigenvalue weighted by Crippen LogP contribution is -2.24. The average molecular weight is 385 g/mol. The van der Waals surface area contributed by atoms with Gasteiger partial charge in [-0.2, -0.15) is 0 Å². The third-order valence-electron chi connectivity index (χ3n) is 2.21. The highest BCUT2D eigenvalue weighted by molar-refractivity contribution is 9.10. The van der Waals surface area contributed by atoms with Crippen molar-refractivity contribution in [2.45, 2.75) is 24.2 Å². The molecule has 0 fully saturated rings. The molecule has 0 aliphatic rings. The van der Waals surface area contributed by atoms with Gasteiger partial charge in [0.25, 0.3) is 0 Å². The van der Waals surface area contributed by atoms with Crippen LogP contribution in [0.15, 0.2) is 33.6 Å². The smallest absolute Gasteiger partial charge is 0.211 e. The molecule has 1 rings (SSSR count). The molecule has 0 spiro atoms. The Balaban J connectivity index is 2.51. The van der Waals surface area contributed by atoms with Gasteiger partial charge in [-0.3, -0.25) is 0 Å². The summed E-state index contributed by atoms with van der Waals surface area (Å²) in [7, 11) is -3.36. The zero-order chi connectivity index (χ0) is 12.7. The normalized spacial score (nSPS) is 11.6. The van der Waals surface area contributed by atoms with E-state index in [2.05, 4.69) is 36.6 Å². The molecule has 1 aromatic carbocycles. The highest BCUT2D eigenvalue weighted by atomic mass is 79.9. The Hall–Kier alpha value is 0.0900. The van der Waals surface area contributed by atoms with Crippen LogP contribution in [0.1, 0.15) is 19.3 Å². The van der Waals surface area contributed by atoms with E-state index in [1.807, 2.05) is 0 Å². The molecule has 0 atom stereocenters. The SMILES string of the molecule is O=S(=O)(NCCCCCBr)c1cccc(Br)c1. The van der Waals surface area contributed by atoms with Crippen LogP contribution < -0.4 is 4.72 Å². The van der Waals surface area contributed by atoms with E-state index < -0.39 is 10.0 Å². The maximum Gasteiger partial charge on any atom is 0.240 e. The van der Waals surface area contributed by atoms with Gasteiger partial charge in [-0.1, -0.05) is 44.3 Å². The maximum atomic E-state index is 11.9. The monoisotopic (exact) mass is 383 g/mol. The Bertz CT molecular complexity index is 449. The van der Waals surface area contributed by atoms with Gasteiger partial charge in [0.1, 0.15) is 0 Å². The van der Waals surface area contributed by atoms with E-state index in [4.69, 9.17) is 0 Å². The van der Waals surface area contributed by atoms with Gasteiger partial charge in [-0.25, -0.2) is 13.1 Å². The summed E-state index contributed by atoms with van der Waals surface area (Å²) >= 11 is 6.60. The lowest BCUT2D eigenvalue weighted by atomic mass is 10.3. The molecule has 0 amide bonds. The van der Waals surface area contributed by atoms with Gasteiger partial charge in [0.2, 0.25) is 10.0 Å². The molecule has 1 aromatic rings. The van der Waals surface area contributed by atoms with E-state index in [9.17, 15) is 8.42 Å². The minimum absolute atomic E-state index is 0.298. The highest BCUT2D eigenvalue weighted by Gasteiger charge is 2.12. The molecular formula is C11H15Br2NO2S. The molecule has 17 heavy (non-hydrogen) atoms. The lowest BCUT2D eigenvalue weighted by molar-refractivity contribution is 0.576. The molecule has 3 nitrogen and oxygen atoms in total. The van der Waals surface area contributed by atoms with Gasteiger partial charge in [-0.15, -0.1) is 0 Å². The van der Waals surface area contributed by atoms with E-state index in [-0.39, 0.29) is 0 Å². The summed E-state index contributed by atoms with van der Waals surface area (Å²) in [5, 5.41) is 0.964. The topological polar surface area (TPSA) is 46.2 Å². The number of alkyl halides is 1. The van der Waals surface area contributed by atoms with Crippen LogP contribution in [0.5, 0.6) is 0 Å². The molecule has 0 heterocycles. The van der Waals surface area contributed by atoms with Crippen molar-refractivity contribution in [3.8, 4) is 0 Å². The van der Waals surface area contributed by atoms with Crippen molar-refractivity contribution in [2.75, 3.05) is 11.9 Å². The second-order valence-electron chi connectivity index (χ2n) is 3.60. The minimum atomic E-state index is -3.36. The molecule has 0 aliphatic heterocycles. The van der Waals surface area contributed by atoms with Gasteiger partial charge < -0.3 is 0 Å². The highest BCUT2D eigenvalue weighted by Crippen LogP contribution is 2.15. The number of hydrogen-bond donors (Lipinski definition) is 1. The van der Waals surface area contributed by atoms with Crippen LogP contribution in [-0.4, -0.2) is 20.3 Å². The fraction of sp³-hybridized carbons (Fsp3) is 0.455. The van der Waals surface area contributed by atoms with E-state index >= 15 is 0 Å². The standard InChI is InChI=1S/C11H15Br2NO2S/c12-7-2-1-3-8-14-17(15,16)11-6-4-5-10(13)9-11/h4-6,9,14H,1-3,7-8H2. The van der Waals surface area contributed by atoms with Crippen molar-refractivity contribution in [1.29, 1.82) is 0 Å². The van der Waals surface area contributed by atoms with Crippen LogP contribution in [0, 0.1) is 0 Å². The van der Waals surface area contributed by atoms with Crippen LogP contribution in [0.25, 0.3) is 0 Å². The van der Waals surface area contributed by atoms with E-state index in [1.54, 1.807) is 24.3 Å². The van der Waals surface area contributed by atoms with Crippen LogP contribution in [0.2, 0.25) is 0 Å². The number of unbranched alkanes of at least 4 members (excludes halogenated alkanes) is 2. The summed E-state index contributed by atoms with van der Waals surface area (Å²) in [5.74, 6) is 0. The first-order valence-electron chi connectivity index (χ1n) is 5.37. The predicted molar refractivity (Wildman–Crippen MR) is 77.0 cm³/mol. The van der Waals surface area contributed by atoms with Crippen LogP contribution in [0.4, 0.5) is 0 Å². The third-order valence-corrected chi connectivity index (χ3v) is 4.72. The Kier molecular flexibility index (Phi) is 6.69. The van der Waals surface area contributed by atoms with Gasteiger partial charge in [-0.05, 0) is 31.0 Å². The molecule has 0 radical (unpaired) electrons. The maximum absolute atomic E-state index is 11.9. The molecule has 96 valence electrons. The Morgan fingerprint density at radius 3 is 2.59 bits per heavy atom. The summed E-state index contributed by atoms with van der Waals surface area (Å²) in [6, 6.07) is 6.70. The number of halogens is 2. The molecule has 0 bridgehead atoms. The number of nitrogens with one attached hydrogen (secondary N) is 1. The number of benzene rings is 1. The van der Waals surface area contributed by atoms with Crippen molar-refractivity contribution < 1.29 is 8.42 Å². The Labute approximate surface area is 119 Å². The van der Waals surface area contributed by atoms with Crippen LogP contribution in [-0.2, 0) is 10.0 Å². The first-order chi connectivity index (χ1) is 8.06. The first-order valence-corrected chi connectivity index (χ1v) is 8.77. The number of rotatable bonds is 7. The van der Waals surface area contributed by atoms with Crippen LogP contribution in [0.3, 0.4) is 0 Å². The number of sulfonamides is 1. The lowest BCUT2D eigenvalue weighted by Gasteiger charge is -2.06. The van der Waals surface area contributed by atoms with Crippen molar-refractivity contribution in [2.24, 2.45) is 0 Å². The summed E-state index contributed by atoms with van der Waals surface area (Å²) in [6.07, 6.45) is 2.95. The minimum Gasteiger partial charge on any atom is -0.211 e. The van der Waals surface area contributed by atoms with Crippen molar-refractivity contribution >= 4 is 41.9 Å². The van der Waals surface area contributed by atoms with Crippen molar-refractivity contribution in [1.82, 2.24) is 4.72 Å². The molecule has 0 aromatic heterocycles. The third kappa shape index (κ3) is 5.50. The zero-order valence-electron chi connectivity index (χ0n) is 9.33. The average Bonchev–Trinajstić information content (AvgIpc) is 2.29. The summed E-state index contributed by atoms with van der Waals surface area (Å²) in [5.41, 5.74) is 0. The predicted octanol–water partition coefficient (Wildman–Crippen LogP) is 3.29. The van der Waals surface area contributed by atoms with E-state index in [0.29, 0.717) is 11.4 Å². The Morgan fingerprint density at radius 2 is 1.94 bits per heavy atom. The van der Waals surface area contributed by atoms with Gasteiger partial charge >= 0.3 is 0 Å².